The van der Waals surface area contributed by atoms with Crippen LogP contribution in [0.1, 0.15) is 35.8 Å². The Morgan fingerprint density at radius 3 is 2.77 bits per heavy atom. The Kier molecular flexibility index (Phi) is 4.07. The van der Waals surface area contributed by atoms with Crippen LogP contribution in [0.3, 0.4) is 0 Å². The number of aromatic carboxylic acids is 1. The van der Waals surface area contributed by atoms with Gasteiger partial charge in [-0.3, -0.25) is 9.88 Å². The predicted octanol–water partition coefficient (Wildman–Crippen LogP) is 3.30. The average molecular weight is 302 g/mol. The first-order valence-corrected chi connectivity index (χ1v) is 7.58. The number of carboxylic acid groups (broad SMARTS) is 1. The van der Waals surface area contributed by atoms with Crippen molar-refractivity contribution in [3.63, 3.8) is 0 Å². The fourth-order valence-corrected chi connectivity index (χ4v) is 2.96. The zero-order chi connectivity index (χ0) is 15.7. The van der Waals surface area contributed by atoms with Crippen molar-refractivity contribution in [1.29, 1.82) is 0 Å². The maximum atomic E-state index is 13.4. The molecule has 22 heavy (non-hydrogen) atoms. The van der Waals surface area contributed by atoms with Crippen molar-refractivity contribution in [1.82, 2.24) is 9.88 Å². The first-order chi connectivity index (χ1) is 10.5. The van der Waals surface area contributed by atoms with Crippen LogP contribution in [0.2, 0.25) is 0 Å². The number of aromatic nitrogens is 1. The van der Waals surface area contributed by atoms with Crippen LogP contribution in [0, 0.1) is 11.7 Å². The lowest BCUT2D eigenvalue weighted by Crippen LogP contribution is -2.32. The molecule has 1 aromatic heterocycles. The summed E-state index contributed by atoms with van der Waals surface area (Å²) in [6, 6.07) is 5.66. The molecule has 4 nitrogen and oxygen atoms in total. The van der Waals surface area contributed by atoms with Gasteiger partial charge in [0.2, 0.25) is 0 Å². The third-order valence-corrected chi connectivity index (χ3v) is 4.32. The lowest BCUT2D eigenvalue weighted by Gasteiger charge is -2.29. The molecule has 1 N–H and O–H groups in total. The lowest BCUT2D eigenvalue weighted by atomic mass is 9.99. The van der Waals surface area contributed by atoms with Gasteiger partial charge in [0.1, 0.15) is 5.82 Å². The zero-order valence-corrected chi connectivity index (χ0v) is 12.6. The second kappa shape index (κ2) is 6.01. The van der Waals surface area contributed by atoms with E-state index in [9.17, 15) is 14.3 Å². The smallest absolute Gasteiger partial charge is 0.336 e. The highest BCUT2D eigenvalue weighted by Crippen LogP contribution is 2.22. The minimum atomic E-state index is -1.05. The van der Waals surface area contributed by atoms with E-state index in [0.717, 1.165) is 37.5 Å². The molecule has 1 aliphatic heterocycles. The van der Waals surface area contributed by atoms with E-state index in [1.165, 1.54) is 12.1 Å². The summed E-state index contributed by atoms with van der Waals surface area (Å²) in [7, 11) is 0. The minimum absolute atomic E-state index is 0.116. The van der Waals surface area contributed by atoms with E-state index in [4.69, 9.17) is 0 Å². The standard InChI is InChI=1S/C17H19FN2O2/c1-11-4-6-20(7-5-11)10-13-9-15(17(21)22)14-8-12(18)2-3-16(14)19-13/h2-3,8-9,11H,4-7,10H2,1H3,(H,21,22). The van der Waals surface area contributed by atoms with Crippen molar-refractivity contribution in [3.8, 4) is 0 Å². The summed E-state index contributed by atoms with van der Waals surface area (Å²) in [6.45, 7) is 4.91. The molecule has 1 saturated heterocycles. The summed E-state index contributed by atoms with van der Waals surface area (Å²) in [5.74, 6) is -0.751. The van der Waals surface area contributed by atoms with Crippen molar-refractivity contribution >= 4 is 16.9 Å². The van der Waals surface area contributed by atoms with E-state index in [0.29, 0.717) is 17.4 Å². The first-order valence-electron chi connectivity index (χ1n) is 7.58. The van der Waals surface area contributed by atoms with Gasteiger partial charge in [-0.15, -0.1) is 0 Å². The molecule has 0 atom stereocenters. The summed E-state index contributed by atoms with van der Waals surface area (Å²) >= 11 is 0. The number of carboxylic acids is 1. The highest BCUT2D eigenvalue weighted by molar-refractivity contribution is 6.02. The number of likely N-dealkylation sites (tertiary alicyclic amines) is 1. The SMILES string of the molecule is CC1CCN(Cc2cc(C(=O)O)c3cc(F)ccc3n2)CC1. The van der Waals surface area contributed by atoms with Crippen LogP contribution < -0.4 is 0 Å². The number of rotatable bonds is 3. The summed E-state index contributed by atoms with van der Waals surface area (Å²) < 4.78 is 13.4. The molecular formula is C17H19FN2O2. The number of hydrogen-bond acceptors (Lipinski definition) is 3. The van der Waals surface area contributed by atoms with Gasteiger partial charge in [0.05, 0.1) is 16.8 Å². The predicted molar refractivity (Wildman–Crippen MR) is 82.3 cm³/mol. The molecule has 0 unspecified atom stereocenters. The molecule has 116 valence electrons. The third kappa shape index (κ3) is 3.09. The van der Waals surface area contributed by atoms with Crippen molar-refractivity contribution in [2.45, 2.75) is 26.3 Å². The molecule has 0 bridgehead atoms. The molecule has 5 heteroatoms. The normalized spacial score (nSPS) is 17.0. The largest absolute Gasteiger partial charge is 0.478 e. The summed E-state index contributed by atoms with van der Waals surface area (Å²) in [6.07, 6.45) is 2.31. The number of benzene rings is 1. The van der Waals surface area contributed by atoms with Crippen LogP contribution in [0.5, 0.6) is 0 Å². The molecule has 2 heterocycles. The lowest BCUT2D eigenvalue weighted by molar-refractivity contribution is 0.0698. The Balaban J connectivity index is 1.93. The molecule has 0 spiro atoms. The number of nitrogens with zero attached hydrogens (tertiary/aromatic N) is 2. The first kappa shape index (κ1) is 14.9. The second-order valence-corrected chi connectivity index (χ2v) is 6.09. The maximum absolute atomic E-state index is 13.4. The minimum Gasteiger partial charge on any atom is -0.478 e. The number of carbonyl (C=O) groups is 1. The van der Waals surface area contributed by atoms with Gasteiger partial charge in [-0.2, -0.15) is 0 Å². The highest BCUT2D eigenvalue weighted by Gasteiger charge is 2.18. The average Bonchev–Trinajstić information content (AvgIpc) is 2.49. The van der Waals surface area contributed by atoms with Crippen LogP contribution >= 0.6 is 0 Å². The van der Waals surface area contributed by atoms with Crippen molar-refractivity contribution < 1.29 is 14.3 Å². The summed E-state index contributed by atoms with van der Waals surface area (Å²) in [4.78, 5) is 18.2. The van der Waals surface area contributed by atoms with E-state index in [1.54, 1.807) is 12.1 Å². The molecular weight excluding hydrogens is 283 g/mol. The Bertz CT molecular complexity index is 709. The molecule has 3 rings (SSSR count). The van der Waals surface area contributed by atoms with Gasteiger partial charge in [0.25, 0.3) is 0 Å². The molecule has 2 aromatic rings. The number of piperidine rings is 1. The zero-order valence-electron chi connectivity index (χ0n) is 12.6. The van der Waals surface area contributed by atoms with Gasteiger partial charge in [0, 0.05) is 11.9 Å². The van der Waals surface area contributed by atoms with E-state index in [-0.39, 0.29) is 5.56 Å². The van der Waals surface area contributed by atoms with Gasteiger partial charge < -0.3 is 5.11 Å². The molecule has 0 saturated carbocycles. The monoisotopic (exact) mass is 302 g/mol. The molecule has 0 aliphatic carbocycles. The van der Waals surface area contributed by atoms with Crippen molar-refractivity contribution in [3.05, 3.63) is 41.3 Å². The van der Waals surface area contributed by atoms with Crippen LogP contribution in [-0.4, -0.2) is 34.0 Å². The van der Waals surface area contributed by atoms with Crippen LogP contribution in [0.4, 0.5) is 4.39 Å². The van der Waals surface area contributed by atoms with Gasteiger partial charge in [-0.25, -0.2) is 9.18 Å². The molecule has 1 aromatic carbocycles. The summed E-state index contributed by atoms with van der Waals surface area (Å²) in [5.41, 5.74) is 1.37. The topological polar surface area (TPSA) is 53.4 Å². The van der Waals surface area contributed by atoms with E-state index in [1.807, 2.05) is 0 Å². The van der Waals surface area contributed by atoms with E-state index >= 15 is 0 Å². The van der Waals surface area contributed by atoms with Gasteiger partial charge in [-0.1, -0.05) is 6.92 Å². The Morgan fingerprint density at radius 1 is 1.36 bits per heavy atom. The summed E-state index contributed by atoms with van der Waals surface area (Å²) in [5, 5.41) is 9.73. The van der Waals surface area contributed by atoms with Gasteiger partial charge in [-0.05, 0) is 56.1 Å². The Morgan fingerprint density at radius 2 is 2.09 bits per heavy atom. The fraction of sp³-hybridized carbons (Fsp3) is 0.412. The Hall–Kier alpha value is -2.01. The van der Waals surface area contributed by atoms with Crippen LogP contribution in [-0.2, 0) is 6.54 Å². The second-order valence-electron chi connectivity index (χ2n) is 6.09. The molecule has 0 amide bonds. The highest BCUT2D eigenvalue weighted by atomic mass is 19.1. The van der Waals surface area contributed by atoms with Gasteiger partial charge in [0.15, 0.2) is 0 Å². The number of pyridine rings is 1. The van der Waals surface area contributed by atoms with Crippen molar-refractivity contribution in [2.75, 3.05) is 13.1 Å². The van der Waals surface area contributed by atoms with E-state index in [2.05, 4.69) is 16.8 Å². The van der Waals surface area contributed by atoms with Crippen molar-refractivity contribution in [2.24, 2.45) is 5.92 Å². The van der Waals surface area contributed by atoms with Crippen LogP contribution in [0.25, 0.3) is 10.9 Å². The number of hydrogen-bond donors (Lipinski definition) is 1. The number of halogens is 1. The molecule has 1 fully saturated rings. The van der Waals surface area contributed by atoms with Gasteiger partial charge >= 0.3 is 5.97 Å². The quantitative estimate of drug-likeness (QED) is 0.945. The molecule has 1 aliphatic rings. The Labute approximate surface area is 128 Å². The fourth-order valence-electron chi connectivity index (χ4n) is 2.96. The van der Waals surface area contributed by atoms with E-state index < -0.39 is 11.8 Å². The van der Waals surface area contributed by atoms with Crippen LogP contribution in [0.15, 0.2) is 24.3 Å². The molecule has 0 radical (unpaired) electrons. The maximum Gasteiger partial charge on any atom is 0.336 e. The third-order valence-electron chi connectivity index (χ3n) is 4.32. The number of fused-ring (bicyclic) bond motifs is 1.